The van der Waals surface area contributed by atoms with Crippen LogP contribution in [0.25, 0.3) is 11.0 Å². The summed E-state index contributed by atoms with van der Waals surface area (Å²) in [6.07, 6.45) is 11.0. The van der Waals surface area contributed by atoms with E-state index < -0.39 is 0 Å². The first kappa shape index (κ1) is 23.0. The molecule has 1 atom stereocenters. The van der Waals surface area contributed by atoms with Crippen molar-refractivity contribution in [1.82, 2.24) is 9.55 Å². The van der Waals surface area contributed by atoms with Crippen LogP contribution < -0.4 is 4.90 Å². The normalized spacial score (nSPS) is 16.4. The first-order valence-electron chi connectivity index (χ1n) is 12.2. The van der Waals surface area contributed by atoms with Crippen molar-refractivity contribution in [3.8, 4) is 0 Å². The fourth-order valence-corrected chi connectivity index (χ4v) is 5.33. The number of rotatable bonds is 11. The summed E-state index contributed by atoms with van der Waals surface area (Å²) in [4.78, 5) is 19.8. The van der Waals surface area contributed by atoms with Gasteiger partial charge in [0.2, 0.25) is 5.91 Å². The van der Waals surface area contributed by atoms with Gasteiger partial charge in [0.1, 0.15) is 5.82 Å². The predicted octanol–water partition coefficient (Wildman–Crippen LogP) is 7.46. The molecular weight excluding hydrogens is 462 g/mol. The number of aryl methyl sites for hydroxylation is 1. The van der Waals surface area contributed by atoms with E-state index in [4.69, 9.17) is 4.98 Å². The molecule has 4 rings (SSSR count). The number of hydrogen-bond donors (Lipinski definition) is 0. The lowest BCUT2D eigenvalue weighted by Crippen LogP contribution is -2.25. The average molecular weight is 496 g/mol. The maximum Gasteiger partial charge on any atom is 0.227 e. The summed E-state index contributed by atoms with van der Waals surface area (Å²) in [7, 11) is 0. The quantitative estimate of drug-likeness (QED) is 0.259. The molecule has 2 aromatic carbocycles. The average Bonchev–Trinajstić information content (AvgIpc) is 3.36. The molecule has 2 heterocycles. The monoisotopic (exact) mass is 495 g/mol. The Hall–Kier alpha value is -2.14. The standard InChI is InChI=1S/C27H34BrN3O/c1-2-3-4-5-6-7-8-13-18-30-25-17-12-10-15-23(25)29-27(30)21-19-26(32)31(20-21)24-16-11-9-14-22(24)28/h9-12,14-17,21H,2-8,13,18-20H2,1H3. The zero-order valence-electron chi connectivity index (χ0n) is 19.1. The van der Waals surface area contributed by atoms with Crippen LogP contribution in [0.2, 0.25) is 0 Å². The number of unbranched alkanes of at least 4 members (excludes halogenated alkanes) is 7. The van der Waals surface area contributed by atoms with Gasteiger partial charge in [0, 0.05) is 29.9 Å². The van der Waals surface area contributed by atoms with E-state index in [0.29, 0.717) is 13.0 Å². The van der Waals surface area contributed by atoms with E-state index >= 15 is 0 Å². The zero-order chi connectivity index (χ0) is 22.3. The number of hydrogen-bond acceptors (Lipinski definition) is 2. The number of imidazole rings is 1. The van der Waals surface area contributed by atoms with Crippen molar-refractivity contribution >= 4 is 38.6 Å². The van der Waals surface area contributed by atoms with Crippen LogP contribution >= 0.6 is 15.9 Å². The van der Waals surface area contributed by atoms with Crippen molar-refractivity contribution in [3.63, 3.8) is 0 Å². The molecule has 4 nitrogen and oxygen atoms in total. The topological polar surface area (TPSA) is 38.1 Å². The molecule has 1 amide bonds. The molecule has 0 radical (unpaired) electrons. The van der Waals surface area contributed by atoms with Gasteiger partial charge < -0.3 is 9.47 Å². The molecule has 1 unspecified atom stereocenters. The second-order valence-electron chi connectivity index (χ2n) is 8.94. The van der Waals surface area contributed by atoms with Gasteiger partial charge in [-0.1, -0.05) is 76.1 Å². The van der Waals surface area contributed by atoms with Crippen molar-refractivity contribution in [2.75, 3.05) is 11.4 Å². The number of para-hydroxylation sites is 3. The predicted molar refractivity (Wildman–Crippen MR) is 136 cm³/mol. The van der Waals surface area contributed by atoms with Gasteiger partial charge in [-0.05, 0) is 46.6 Å². The first-order valence-corrected chi connectivity index (χ1v) is 13.0. The Morgan fingerprint density at radius 3 is 2.41 bits per heavy atom. The lowest BCUT2D eigenvalue weighted by Gasteiger charge is -2.18. The third-order valence-corrected chi connectivity index (χ3v) is 7.22. The van der Waals surface area contributed by atoms with E-state index in [0.717, 1.165) is 34.5 Å². The first-order chi connectivity index (χ1) is 15.7. The smallest absolute Gasteiger partial charge is 0.227 e. The molecule has 3 aromatic rings. The minimum absolute atomic E-state index is 0.121. The summed E-state index contributed by atoms with van der Waals surface area (Å²) in [5.41, 5.74) is 3.18. The van der Waals surface area contributed by atoms with E-state index in [1.54, 1.807) is 0 Å². The third kappa shape index (κ3) is 5.25. The van der Waals surface area contributed by atoms with Gasteiger partial charge in [0.05, 0.1) is 16.7 Å². The van der Waals surface area contributed by atoms with Crippen LogP contribution in [0.5, 0.6) is 0 Å². The van der Waals surface area contributed by atoms with Crippen LogP contribution in [0.3, 0.4) is 0 Å². The molecule has 1 aliphatic rings. The molecule has 1 aromatic heterocycles. The molecule has 1 fully saturated rings. The molecule has 0 aliphatic carbocycles. The fourth-order valence-electron chi connectivity index (χ4n) is 4.83. The van der Waals surface area contributed by atoms with Crippen LogP contribution in [-0.2, 0) is 11.3 Å². The van der Waals surface area contributed by atoms with Crippen molar-refractivity contribution in [2.24, 2.45) is 0 Å². The van der Waals surface area contributed by atoms with Crippen molar-refractivity contribution in [2.45, 2.75) is 77.2 Å². The Morgan fingerprint density at radius 1 is 0.938 bits per heavy atom. The van der Waals surface area contributed by atoms with Gasteiger partial charge in [-0.25, -0.2) is 4.98 Å². The van der Waals surface area contributed by atoms with E-state index in [2.05, 4.69) is 45.6 Å². The molecule has 32 heavy (non-hydrogen) atoms. The molecule has 1 aliphatic heterocycles. The summed E-state index contributed by atoms with van der Waals surface area (Å²) in [5, 5.41) is 0. The molecule has 0 saturated carbocycles. The Balaban J connectivity index is 1.46. The van der Waals surface area contributed by atoms with Gasteiger partial charge in [-0.3, -0.25) is 4.79 Å². The highest BCUT2D eigenvalue weighted by Gasteiger charge is 2.35. The molecule has 1 saturated heterocycles. The van der Waals surface area contributed by atoms with Crippen LogP contribution in [0.15, 0.2) is 53.0 Å². The Labute approximate surface area is 200 Å². The lowest BCUT2D eigenvalue weighted by atomic mass is 10.1. The number of aromatic nitrogens is 2. The molecule has 0 N–H and O–H groups in total. The second kappa shape index (κ2) is 11.1. The highest BCUT2D eigenvalue weighted by molar-refractivity contribution is 9.10. The van der Waals surface area contributed by atoms with E-state index in [-0.39, 0.29) is 11.8 Å². The summed E-state index contributed by atoms with van der Waals surface area (Å²) >= 11 is 3.61. The maximum absolute atomic E-state index is 12.9. The zero-order valence-corrected chi connectivity index (χ0v) is 20.7. The van der Waals surface area contributed by atoms with E-state index in [1.807, 2.05) is 35.2 Å². The van der Waals surface area contributed by atoms with Crippen LogP contribution in [0, 0.1) is 0 Å². The van der Waals surface area contributed by atoms with Crippen LogP contribution in [0.4, 0.5) is 5.69 Å². The van der Waals surface area contributed by atoms with Crippen molar-refractivity contribution in [1.29, 1.82) is 0 Å². The number of fused-ring (bicyclic) bond motifs is 1. The third-order valence-electron chi connectivity index (χ3n) is 6.55. The molecular formula is C27H34BrN3O. The fraction of sp³-hybridized carbons (Fsp3) is 0.481. The van der Waals surface area contributed by atoms with Crippen LogP contribution in [0.1, 0.15) is 76.5 Å². The summed E-state index contributed by atoms with van der Waals surface area (Å²) in [5.74, 6) is 1.36. The molecule has 0 spiro atoms. The Kier molecular flexibility index (Phi) is 8.01. The SMILES string of the molecule is CCCCCCCCCCn1c(C2CC(=O)N(c3ccccc3Br)C2)nc2ccccc21. The number of carbonyl (C=O) groups excluding carboxylic acids is 1. The van der Waals surface area contributed by atoms with Gasteiger partial charge >= 0.3 is 0 Å². The van der Waals surface area contributed by atoms with E-state index in [1.165, 1.54) is 50.5 Å². The number of anilines is 1. The van der Waals surface area contributed by atoms with Crippen molar-refractivity contribution in [3.05, 3.63) is 58.8 Å². The number of amides is 1. The Morgan fingerprint density at radius 2 is 1.62 bits per heavy atom. The maximum atomic E-state index is 12.9. The van der Waals surface area contributed by atoms with Crippen molar-refractivity contribution < 1.29 is 4.79 Å². The summed E-state index contributed by atoms with van der Waals surface area (Å²) < 4.78 is 3.34. The number of benzene rings is 2. The van der Waals surface area contributed by atoms with Gasteiger partial charge in [-0.2, -0.15) is 0 Å². The summed E-state index contributed by atoms with van der Waals surface area (Å²) in [6, 6.07) is 16.4. The highest BCUT2D eigenvalue weighted by Crippen LogP contribution is 2.36. The second-order valence-corrected chi connectivity index (χ2v) is 9.80. The molecule has 170 valence electrons. The number of carbonyl (C=O) groups is 1. The van der Waals surface area contributed by atoms with Gasteiger partial charge in [-0.15, -0.1) is 0 Å². The van der Waals surface area contributed by atoms with Crippen LogP contribution in [-0.4, -0.2) is 22.0 Å². The van der Waals surface area contributed by atoms with E-state index in [9.17, 15) is 4.79 Å². The van der Waals surface area contributed by atoms with Gasteiger partial charge in [0.25, 0.3) is 0 Å². The Bertz CT molecular complexity index is 1040. The molecule has 0 bridgehead atoms. The minimum Gasteiger partial charge on any atom is -0.328 e. The molecule has 5 heteroatoms. The summed E-state index contributed by atoms with van der Waals surface area (Å²) in [6.45, 7) is 3.93. The lowest BCUT2D eigenvalue weighted by molar-refractivity contribution is -0.117. The number of halogens is 1. The number of nitrogens with zero attached hydrogens (tertiary/aromatic N) is 3. The highest BCUT2D eigenvalue weighted by atomic mass is 79.9. The largest absolute Gasteiger partial charge is 0.328 e. The van der Waals surface area contributed by atoms with Gasteiger partial charge in [0.15, 0.2) is 0 Å². The minimum atomic E-state index is 0.121.